The van der Waals surface area contributed by atoms with E-state index in [-0.39, 0.29) is 0 Å². The summed E-state index contributed by atoms with van der Waals surface area (Å²) >= 11 is 0. The minimum Gasteiger partial charge on any atom is -0.305 e. The van der Waals surface area contributed by atoms with Gasteiger partial charge in [0, 0.05) is 5.67 Å². The van der Waals surface area contributed by atoms with Crippen molar-refractivity contribution in [3.05, 3.63) is 60.7 Å². The fourth-order valence-electron chi connectivity index (χ4n) is 3.92. The van der Waals surface area contributed by atoms with E-state index in [2.05, 4.69) is 79.2 Å². The van der Waals surface area contributed by atoms with E-state index in [1.165, 1.54) is 25.8 Å². The summed E-state index contributed by atoms with van der Waals surface area (Å²) in [6, 6.07) is 22.5. The Kier molecular flexibility index (Phi) is 4.27. The lowest BCUT2D eigenvalue weighted by Gasteiger charge is -2.44. The van der Waals surface area contributed by atoms with Crippen molar-refractivity contribution in [1.82, 2.24) is 4.90 Å². The second-order valence-corrected chi connectivity index (χ2v) is 10.7. The van der Waals surface area contributed by atoms with E-state index in [0.29, 0.717) is 5.67 Å². The Morgan fingerprint density at radius 3 is 1.86 bits per heavy atom. The Morgan fingerprint density at radius 2 is 1.38 bits per heavy atom. The zero-order chi connectivity index (χ0) is 14.7. The number of rotatable bonds is 3. The highest BCUT2D eigenvalue weighted by Gasteiger charge is 2.42. The highest BCUT2D eigenvalue weighted by molar-refractivity contribution is 7.02. The Labute approximate surface area is 129 Å². The fourth-order valence-corrected chi connectivity index (χ4v) is 8.59. The van der Waals surface area contributed by atoms with E-state index in [9.17, 15) is 0 Å². The van der Waals surface area contributed by atoms with E-state index in [1.807, 2.05) is 0 Å². The first-order chi connectivity index (χ1) is 10.2. The van der Waals surface area contributed by atoms with Crippen LogP contribution in [-0.2, 0) is 0 Å². The molecule has 1 unspecified atom stereocenters. The van der Waals surface area contributed by atoms with Crippen LogP contribution in [0.3, 0.4) is 0 Å². The highest BCUT2D eigenvalue weighted by atomic mass is 28.3. The summed E-state index contributed by atoms with van der Waals surface area (Å²) in [5.41, 5.74) is 0.705. The van der Waals surface area contributed by atoms with Gasteiger partial charge in [-0.3, -0.25) is 0 Å². The van der Waals surface area contributed by atoms with Gasteiger partial charge in [0.1, 0.15) is 8.07 Å². The largest absolute Gasteiger partial charge is 0.305 e. The number of hydrogen-bond donors (Lipinski definition) is 0. The van der Waals surface area contributed by atoms with E-state index >= 15 is 0 Å². The average Bonchev–Trinajstić information content (AvgIpc) is 2.56. The molecule has 1 saturated heterocycles. The third-order valence-electron chi connectivity index (χ3n) is 5.18. The van der Waals surface area contributed by atoms with Gasteiger partial charge < -0.3 is 4.90 Å². The van der Waals surface area contributed by atoms with Crippen molar-refractivity contribution in [3.63, 3.8) is 0 Å². The van der Waals surface area contributed by atoms with E-state index < -0.39 is 8.07 Å². The summed E-state index contributed by atoms with van der Waals surface area (Å²) < 4.78 is 0. The van der Waals surface area contributed by atoms with Crippen LogP contribution in [0.1, 0.15) is 19.3 Å². The van der Waals surface area contributed by atoms with Crippen LogP contribution in [0.2, 0.25) is 6.55 Å². The number of nitrogens with zero attached hydrogens (tertiary/aromatic N) is 1. The Bertz CT molecular complexity index is 527. The zero-order valence-electron chi connectivity index (χ0n) is 13.1. The van der Waals surface area contributed by atoms with Crippen molar-refractivity contribution in [2.24, 2.45) is 0 Å². The molecule has 0 spiro atoms. The Hall–Kier alpha value is -1.38. The van der Waals surface area contributed by atoms with Gasteiger partial charge in [-0.05, 0) is 26.4 Å². The van der Waals surface area contributed by atoms with Crippen molar-refractivity contribution in [3.8, 4) is 0 Å². The number of benzene rings is 2. The van der Waals surface area contributed by atoms with Crippen molar-refractivity contribution >= 4 is 18.4 Å². The third kappa shape index (κ3) is 2.70. The van der Waals surface area contributed by atoms with Crippen LogP contribution < -0.4 is 10.4 Å². The first kappa shape index (κ1) is 14.5. The lowest BCUT2D eigenvalue weighted by atomic mass is 10.1. The maximum Gasteiger partial charge on any atom is 0.131 e. The van der Waals surface area contributed by atoms with Crippen molar-refractivity contribution < 1.29 is 0 Å². The molecule has 0 bridgehead atoms. The van der Waals surface area contributed by atoms with Crippen LogP contribution in [0.5, 0.6) is 0 Å². The third-order valence-corrected chi connectivity index (χ3v) is 10.3. The van der Waals surface area contributed by atoms with Crippen LogP contribution in [0.4, 0.5) is 0 Å². The Morgan fingerprint density at radius 1 is 0.857 bits per heavy atom. The van der Waals surface area contributed by atoms with Gasteiger partial charge in [-0.15, -0.1) is 0 Å². The Balaban J connectivity index is 2.11. The molecule has 2 aromatic rings. The van der Waals surface area contributed by atoms with E-state index in [4.69, 9.17) is 0 Å². The fraction of sp³-hybridized carbons (Fsp3) is 0.368. The second-order valence-electron chi connectivity index (χ2n) is 6.43. The van der Waals surface area contributed by atoms with Crippen LogP contribution in [0.25, 0.3) is 0 Å². The summed E-state index contributed by atoms with van der Waals surface area (Å²) in [6.45, 7) is 3.80. The predicted octanol–water partition coefficient (Wildman–Crippen LogP) is 2.90. The van der Waals surface area contributed by atoms with Crippen LogP contribution in [0.15, 0.2) is 60.7 Å². The molecule has 0 amide bonds. The molecule has 0 aliphatic carbocycles. The van der Waals surface area contributed by atoms with Gasteiger partial charge in [-0.2, -0.15) is 0 Å². The molecule has 1 atom stereocenters. The topological polar surface area (TPSA) is 3.24 Å². The van der Waals surface area contributed by atoms with Crippen LogP contribution in [0, 0.1) is 0 Å². The maximum absolute atomic E-state index is 2.62. The SMILES string of the molecule is CN1CCCCC1[Si](C)(c1ccccc1)c1ccccc1. The van der Waals surface area contributed by atoms with Crippen LogP contribution in [-0.4, -0.2) is 32.2 Å². The molecule has 3 rings (SSSR count). The predicted molar refractivity (Wildman–Crippen MR) is 94.0 cm³/mol. The molecule has 1 aliphatic rings. The molecular weight excluding hydrogens is 270 g/mol. The second kappa shape index (κ2) is 6.16. The molecule has 1 aliphatic heterocycles. The normalized spacial score (nSPS) is 20.4. The molecule has 0 radical (unpaired) electrons. The highest BCUT2D eigenvalue weighted by Crippen LogP contribution is 2.24. The molecular formula is C19H25NSi. The van der Waals surface area contributed by atoms with Crippen molar-refractivity contribution in [2.75, 3.05) is 13.6 Å². The van der Waals surface area contributed by atoms with Gasteiger partial charge in [0.15, 0.2) is 0 Å². The number of hydrogen-bond acceptors (Lipinski definition) is 1. The first-order valence-corrected chi connectivity index (χ1v) is 10.6. The summed E-state index contributed by atoms with van der Waals surface area (Å²) in [5.74, 6) is 0. The van der Waals surface area contributed by atoms with Gasteiger partial charge in [-0.1, -0.05) is 84.0 Å². The van der Waals surface area contributed by atoms with E-state index in [1.54, 1.807) is 10.4 Å². The summed E-state index contributed by atoms with van der Waals surface area (Å²) in [7, 11) is 0.582. The lowest BCUT2D eigenvalue weighted by Crippen LogP contribution is -2.69. The van der Waals surface area contributed by atoms with Gasteiger partial charge in [0.25, 0.3) is 0 Å². The molecule has 21 heavy (non-hydrogen) atoms. The molecule has 1 heterocycles. The van der Waals surface area contributed by atoms with Gasteiger partial charge in [0.2, 0.25) is 0 Å². The quantitative estimate of drug-likeness (QED) is 0.787. The van der Waals surface area contributed by atoms with Gasteiger partial charge in [0.05, 0.1) is 0 Å². The van der Waals surface area contributed by atoms with Gasteiger partial charge in [-0.25, -0.2) is 0 Å². The summed E-state index contributed by atoms with van der Waals surface area (Å²) in [4.78, 5) is 2.62. The zero-order valence-corrected chi connectivity index (χ0v) is 14.1. The first-order valence-electron chi connectivity index (χ1n) is 8.04. The van der Waals surface area contributed by atoms with Crippen molar-refractivity contribution in [2.45, 2.75) is 31.5 Å². The van der Waals surface area contributed by atoms with E-state index in [0.717, 1.165) is 0 Å². The van der Waals surface area contributed by atoms with Crippen molar-refractivity contribution in [1.29, 1.82) is 0 Å². The smallest absolute Gasteiger partial charge is 0.131 e. The summed E-state index contributed by atoms with van der Waals surface area (Å²) in [6.07, 6.45) is 4.06. The van der Waals surface area contributed by atoms with Gasteiger partial charge >= 0.3 is 0 Å². The molecule has 2 aromatic carbocycles. The van der Waals surface area contributed by atoms with Crippen LogP contribution >= 0.6 is 0 Å². The molecule has 0 aromatic heterocycles. The lowest BCUT2D eigenvalue weighted by molar-refractivity contribution is 0.239. The molecule has 0 saturated carbocycles. The minimum atomic E-state index is -1.74. The molecule has 110 valence electrons. The summed E-state index contributed by atoms with van der Waals surface area (Å²) in [5, 5.41) is 3.13. The minimum absolute atomic E-state index is 0.705. The standard InChI is InChI=1S/C19H25NSi/c1-20-16-10-9-15-19(20)21(2,17-11-5-3-6-12-17)18-13-7-4-8-14-18/h3-8,11-14,19H,9-10,15-16H2,1-2H3. The maximum atomic E-state index is 2.62. The monoisotopic (exact) mass is 295 g/mol. The molecule has 2 heteroatoms. The number of likely N-dealkylation sites (tertiary alicyclic amines) is 1. The molecule has 0 N–H and O–H groups in total. The average molecular weight is 296 g/mol. The molecule has 1 fully saturated rings. The molecule has 1 nitrogen and oxygen atoms in total. The number of piperidine rings is 1.